The van der Waals surface area contributed by atoms with Gasteiger partial charge in [0.25, 0.3) is 0 Å². The molecule has 3 aromatic carbocycles. The summed E-state index contributed by atoms with van der Waals surface area (Å²) in [4.78, 5) is 27.3. The fourth-order valence-corrected chi connectivity index (χ4v) is 5.86. The van der Waals surface area contributed by atoms with Crippen LogP contribution in [-0.4, -0.2) is 28.4 Å². The number of nitrogens with zero attached hydrogens (tertiary/aromatic N) is 1. The van der Waals surface area contributed by atoms with Gasteiger partial charge in [-0.3, -0.25) is 14.5 Å². The Balaban J connectivity index is 1.23. The molecule has 2 aliphatic rings. The van der Waals surface area contributed by atoms with Crippen LogP contribution in [0.2, 0.25) is 5.02 Å². The average Bonchev–Trinajstić information content (AvgIpc) is 3.40. The summed E-state index contributed by atoms with van der Waals surface area (Å²) in [5, 5.41) is 0.589. The molecule has 0 radical (unpaired) electrons. The fourth-order valence-electron chi connectivity index (χ4n) is 5.60. The Morgan fingerprint density at radius 2 is 1.92 bits per heavy atom. The number of carbonyl (C=O) groups is 2. The van der Waals surface area contributed by atoms with Gasteiger partial charge < -0.3 is 9.47 Å². The van der Waals surface area contributed by atoms with E-state index in [1.54, 1.807) is 25.1 Å². The van der Waals surface area contributed by atoms with E-state index in [1.165, 1.54) is 11.0 Å². The van der Waals surface area contributed by atoms with Crippen molar-refractivity contribution in [3.05, 3.63) is 93.8 Å². The van der Waals surface area contributed by atoms with Crippen molar-refractivity contribution in [1.82, 2.24) is 4.90 Å². The van der Waals surface area contributed by atoms with Crippen molar-refractivity contribution < 1.29 is 23.5 Å². The number of likely N-dealkylation sites (tertiary alicyclic amines) is 1. The van der Waals surface area contributed by atoms with Crippen LogP contribution in [0.4, 0.5) is 4.39 Å². The van der Waals surface area contributed by atoms with Gasteiger partial charge in [0.1, 0.15) is 18.0 Å². The summed E-state index contributed by atoms with van der Waals surface area (Å²) >= 11 is 6.30. The monoisotopic (exact) mass is 549 g/mol. The largest absolute Gasteiger partial charge is 0.487 e. The zero-order chi connectivity index (χ0) is 27.7. The average molecular weight is 550 g/mol. The Labute approximate surface area is 233 Å². The van der Waals surface area contributed by atoms with Crippen LogP contribution in [0, 0.1) is 11.7 Å². The van der Waals surface area contributed by atoms with Gasteiger partial charge >= 0.3 is 0 Å². The molecule has 0 spiro atoms. The van der Waals surface area contributed by atoms with Crippen molar-refractivity contribution in [2.75, 3.05) is 0 Å². The highest BCUT2D eigenvalue weighted by molar-refractivity contribution is 6.30. The summed E-state index contributed by atoms with van der Waals surface area (Å²) in [6, 6.07) is 18.1. The third-order valence-corrected chi connectivity index (χ3v) is 7.64. The zero-order valence-electron chi connectivity index (χ0n) is 22.5. The van der Waals surface area contributed by atoms with Gasteiger partial charge in [-0.1, -0.05) is 54.9 Å². The van der Waals surface area contributed by atoms with Gasteiger partial charge in [-0.15, -0.1) is 0 Å². The molecule has 0 aliphatic carbocycles. The van der Waals surface area contributed by atoms with Crippen LogP contribution in [0.3, 0.4) is 0 Å². The normalized spacial score (nSPS) is 18.5. The highest BCUT2D eigenvalue weighted by Gasteiger charge is 2.37. The maximum atomic E-state index is 15.0. The quantitative estimate of drug-likeness (QED) is 0.313. The highest BCUT2D eigenvalue weighted by atomic mass is 35.5. The maximum absolute atomic E-state index is 15.0. The molecule has 0 aromatic heterocycles. The minimum Gasteiger partial charge on any atom is -0.487 e. The standard InChI is InChI=1S/C32H33ClFNO4/c1-20(31(37)35-26(10-12-29(35)36)14-21-7-5-4-6-8-21)13-22-9-11-28(27(34)15-22)38-19-24-17-25(33)16-23-18-32(2,3)39-30(23)24/h4-9,11,15-17,20,26H,10,12-14,18-19H2,1-3H3/t20-,26+/m1/s1. The molecule has 2 atom stereocenters. The Morgan fingerprint density at radius 1 is 1.15 bits per heavy atom. The molecule has 0 saturated carbocycles. The lowest BCUT2D eigenvalue weighted by atomic mass is 9.98. The van der Waals surface area contributed by atoms with Crippen molar-refractivity contribution in [2.24, 2.45) is 5.92 Å². The molecule has 0 bridgehead atoms. The van der Waals surface area contributed by atoms with Crippen LogP contribution in [0.25, 0.3) is 0 Å². The van der Waals surface area contributed by atoms with Gasteiger partial charge in [0.2, 0.25) is 11.8 Å². The molecule has 5 nitrogen and oxygen atoms in total. The topological polar surface area (TPSA) is 55.8 Å². The van der Waals surface area contributed by atoms with E-state index in [0.29, 0.717) is 36.3 Å². The number of ether oxygens (including phenoxy) is 2. The molecule has 39 heavy (non-hydrogen) atoms. The molecule has 2 aliphatic heterocycles. The Morgan fingerprint density at radius 3 is 2.67 bits per heavy atom. The first-order chi connectivity index (χ1) is 18.6. The van der Waals surface area contributed by atoms with E-state index < -0.39 is 11.7 Å². The molecule has 2 heterocycles. The molecule has 5 rings (SSSR count). The molecular formula is C32H33ClFNO4. The van der Waals surface area contributed by atoms with Crippen LogP contribution in [-0.2, 0) is 35.5 Å². The second-order valence-corrected chi connectivity index (χ2v) is 11.7. The Kier molecular flexibility index (Phi) is 7.68. The van der Waals surface area contributed by atoms with E-state index in [-0.39, 0.29) is 35.8 Å². The number of halogens is 2. The number of amides is 2. The summed E-state index contributed by atoms with van der Waals surface area (Å²) in [5.74, 6) is -0.464. The van der Waals surface area contributed by atoms with Crippen molar-refractivity contribution in [3.8, 4) is 11.5 Å². The van der Waals surface area contributed by atoms with E-state index in [0.717, 1.165) is 28.9 Å². The first-order valence-corrected chi connectivity index (χ1v) is 13.8. The van der Waals surface area contributed by atoms with Crippen molar-refractivity contribution in [1.29, 1.82) is 0 Å². The lowest BCUT2D eigenvalue weighted by Crippen LogP contribution is -2.43. The third kappa shape index (κ3) is 6.11. The number of benzene rings is 3. The predicted molar refractivity (Wildman–Crippen MR) is 148 cm³/mol. The van der Waals surface area contributed by atoms with Gasteiger partial charge in [-0.05, 0) is 74.1 Å². The second-order valence-electron chi connectivity index (χ2n) is 11.2. The van der Waals surface area contributed by atoms with E-state index >= 15 is 4.39 Å². The van der Waals surface area contributed by atoms with E-state index in [2.05, 4.69) is 0 Å². The molecule has 1 fully saturated rings. The van der Waals surface area contributed by atoms with E-state index in [9.17, 15) is 9.59 Å². The minimum atomic E-state index is -0.508. The van der Waals surface area contributed by atoms with Crippen molar-refractivity contribution >= 4 is 23.4 Å². The first-order valence-electron chi connectivity index (χ1n) is 13.4. The van der Waals surface area contributed by atoms with E-state index in [1.807, 2.05) is 50.2 Å². The number of imide groups is 1. The predicted octanol–water partition coefficient (Wildman–Crippen LogP) is 6.71. The number of carbonyl (C=O) groups excluding carboxylic acids is 2. The highest BCUT2D eigenvalue weighted by Crippen LogP contribution is 2.40. The van der Waals surface area contributed by atoms with Gasteiger partial charge in [0.05, 0.1) is 0 Å². The number of rotatable bonds is 8. The number of hydrogen-bond acceptors (Lipinski definition) is 4. The molecule has 1 saturated heterocycles. The van der Waals surface area contributed by atoms with Gasteiger partial charge in [0.15, 0.2) is 11.6 Å². The maximum Gasteiger partial charge on any atom is 0.232 e. The van der Waals surface area contributed by atoms with Crippen LogP contribution >= 0.6 is 11.6 Å². The summed E-state index contributed by atoms with van der Waals surface area (Å²) in [7, 11) is 0. The zero-order valence-corrected chi connectivity index (χ0v) is 23.3. The molecule has 7 heteroatoms. The number of hydrogen-bond donors (Lipinski definition) is 0. The summed E-state index contributed by atoms with van der Waals surface area (Å²) in [5.41, 5.74) is 3.22. The van der Waals surface area contributed by atoms with Crippen LogP contribution < -0.4 is 9.47 Å². The Hall–Kier alpha value is -3.38. The van der Waals surface area contributed by atoms with Gasteiger partial charge in [-0.25, -0.2) is 4.39 Å². The molecule has 3 aromatic rings. The van der Waals surface area contributed by atoms with Gasteiger partial charge in [0, 0.05) is 35.4 Å². The molecule has 204 valence electrons. The van der Waals surface area contributed by atoms with Crippen LogP contribution in [0.1, 0.15) is 55.9 Å². The SMILES string of the molecule is C[C@H](Cc1ccc(OCc2cc(Cl)cc3c2OC(C)(C)C3)c(F)c1)C(=O)N1C(=O)CC[C@H]1Cc1ccccc1. The molecular weight excluding hydrogens is 517 g/mol. The molecule has 2 amide bonds. The third-order valence-electron chi connectivity index (χ3n) is 7.42. The summed E-state index contributed by atoms with van der Waals surface area (Å²) < 4.78 is 26.9. The minimum absolute atomic E-state index is 0.112. The van der Waals surface area contributed by atoms with Gasteiger partial charge in [-0.2, -0.15) is 0 Å². The fraction of sp³-hybridized carbons (Fsp3) is 0.375. The lowest BCUT2D eigenvalue weighted by Gasteiger charge is -2.26. The molecule has 0 N–H and O–H groups in total. The van der Waals surface area contributed by atoms with Crippen LogP contribution in [0.5, 0.6) is 11.5 Å². The van der Waals surface area contributed by atoms with Crippen LogP contribution in [0.15, 0.2) is 60.7 Å². The van der Waals surface area contributed by atoms with Crippen molar-refractivity contribution in [2.45, 2.75) is 71.1 Å². The first kappa shape index (κ1) is 27.2. The lowest BCUT2D eigenvalue weighted by molar-refractivity contribution is -0.146. The van der Waals surface area contributed by atoms with E-state index in [4.69, 9.17) is 21.1 Å². The smallest absolute Gasteiger partial charge is 0.232 e. The number of fused-ring (bicyclic) bond motifs is 1. The second kappa shape index (κ2) is 11.0. The Bertz CT molecular complexity index is 1390. The van der Waals surface area contributed by atoms with Crippen molar-refractivity contribution in [3.63, 3.8) is 0 Å². The molecule has 0 unspecified atom stereocenters. The summed E-state index contributed by atoms with van der Waals surface area (Å²) in [6.07, 6.45) is 2.73. The summed E-state index contributed by atoms with van der Waals surface area (Å²) in [6.45, 7) is 5.93.